The highest BCUT2D eigenvalue weighted by molar-refractivity contribution is 4.63. The fraction of sp³-hybridized carbons (Fsp3) is 0.824. The smallest absolute Gasteiger partial charge is 0.247 e. The number of rotatable bonds is 14. The molecule has 0 aliphatic carbocycles. The first-order chi connectivity index (χ1) is 10.4. The van der Waals surface area contributed by atoms with Gasteiger partial charge in [0.1, 0.15) is 12.4 Å². The average Bonchev–Trinajstić information content (AvgIpc) is 2.94. The molecule has 0 spiro atoms. The van der Waals surface area contributed by atoms with E-state index in [9.17, 15) is 0 Å². The van der Waals surface area contributed by atoms with Crippen molar-refractivity contribution >= 4 is 0 Å². The number of aromatic nitrogens is 2. The molecule has 0 aromatic carbocycles. The van der Waals surface area contributed by atoms with Crippen LogP contribution in [0.5, 0.6) is 0 Å². The molecule has 0 N–H and O–H groups in total. The third kappa shape index (κ3) is 9.64. The minimum atomic E-state index is 0.635. The number of unbranched alkanes of at least 4 members (excludes halogenated alkanes) is 6. The number of hydrogen-bond acceptors (Lipinski definition) is 2. The zero-order valence-electron chi connectivity index (χ0n) is 13.9. The van der Waals surface area contributed by atoms with Gasteiger partial charge in [-0.2, -0.15) is 0 Å². The zero-order valence-corrected chi connectivity index (χ0v) is 13.9. The zero-order chi connectivity index (χ0) is 15.2. The van der Waals surface area contributed by atoms with Crippen molar-refractivity contribution in [1.29, 1.82) is 0 Å². The summed E-state index contributed by atoms with van der Waals surface area (Å²) in [6.07, 6.45) is 16.1. The molecule has 0 amide bonds. The van der Waals surface area contributed by atoms with Crippen molar-refractivity contribution in [3.63, 3.8) is 0 Å². The third-order valence-corrected chi connectivity index (χ3v) is 3.51. The standard InChI is InChI=1S/C17H33N2O2/c1-3-5-7-9-13-20-16-18-11-12-19(15-18)17-21-14-10-8-6-4-2/h11-12,15H,3-10,13-14,16-17H2,1-2H3/q+1. The monoisotopic (exact) mass is 297 g/mol. The van der Waals surface area contributed by atoms with E-state index in [4.69, 9.17) is 9.47 Å². The van der Waals surface area contributed by atoms with Gasteiger partial charge in [0.05, 0.1) is 13.2 Å². The molecule has 4 nitrogen and oxygen atoms in total. The summed E-state index contributed by atoms with van der Waals surface area (Å²) in [7, 11) is 0. The van der Waals surface area contributed by atoms with E-state index < -0.39 is 0 Å². The van der Waals surface area contributed by atoms with Crippen molar-refractivity contribution in [2.24, 2.45) is 0 Å². The first-order valence-electron chi connectivity index (χ1n) is 8.57. The topological polar surface area (TPSA) is 27.3 Å². The Morgan fingerprint density at radius 2 is 1.52 bits per heavy atom. The van der Waals surface area contributed by atoms with Crippen molar-refractivity contribution in [1.82, 2.24) is 4.57 Å². The van der Waals surface area contributed by atoms with Crippen LogP contribution in [0, 0.1) is 0 Å². The first-order valence-corrected chi connectivity index (χ1v) is 8.57. The summed E-state index contributed by atoms with van der Waals surface area (Å²) in [4.78, 5) is 0. The average molecular weight is 297 g/mol. The lowest BCUT2D eigenvalue weighted by Crippen LogP contribution is -2.32. The van der Waals surface area contributed by atoms with Crippen molar-refractivity contribution in [2.75, 3.05) is 13.2 Å². The number of hydrogen-bond donors (Lipinski definition) is 0. The number of imidazole rings is 1. The largest absolute Gasteiger partial charge is 0.342 e. The van der Waals surface area contributed by atoms with E-state index in [-0.39, 0.29) is 0 Å². The Bertz CT molecular complexity index is 309. The number of ether oxygens (including phenoxy) is 2. The predicted octanol–water partition coefficient (Wildman–Crippen LogP) is 3.88. The molecule has 0 aliphatic rings. The van der Waals surface area contributed by atoms with Gasteiger partial charge in [-0.3, -0.25) is 0 Å². The third-order valence-electron chi connectivity index (χ3n) is 3.51. The van der Waals surface area contributed by atoms with Crippen LogP contribution in [0.2, 0.25) is 0 Å². The molecule has 1 aromatic rings. The number of nitrogens with zero attached hydrogens (tertiary/aromatic N) is 2. The van der Waals surface area contributed by atoms with Crippen molar-refractivity contribution in [2.45, 2.75) is 78.7 Å². The summed E-state index contributed by atoms with van der Waals surface area (Å²) in [5, 5.41) is 0. The van der Waals surface area contributed by atoms with Crippen molar-refractivity contribution in [3.05, 3.63) is 18.7 Å². The van der Waals surface area contributed by atoms with E-state index in [1.807, 2.05) is 18.7 Å². The Kier molecular flexibility index (Phi) is 11.1. The van der Waals surface area contributed by atoms with E-state index in [0.29, 0.717) is 13.5 Å². The highest BCUT2D eigenvalue weighted by Crippen LogP contribution is 2.00. The van der Waals surface area contributed by atoms with Crippen LogP contribution < -0.4 is 4.57 Å². The Hall–Kier alpha value is -0.870. The van der Waals surface area contributed by atoms with Gasteiger partial charge in [-0.05, 0) is 12.8 Å². The fourth-order valence-electron chi connectivity index (χ4n) is 2.19. The van der Waals surface area contributed by atoms with Crippen molar-refractivity contribution < 1.29 is 14.0 Å². The van der Waals surface area contributed by atoms with Crippen LogP contribution in [-0.2, 0) is 22.9 Å². The van der Waals surface area contributed by atoms with E-state index in [1.54, 1.807) is 0 Å². The van der Waals surface area contributed by atoms with E-state index in [0.717, 1.165) is 26.1 Å². The molecule has 0 saturated carbocycles. The molecule has 0 bridgehead atoms. The van der Waals surface area contributed by atoms with Crippen LogP contribution >= 0.6 is 0 Å². The van der Waals surface area contributed by atoms with Crippen LogP contribution in [0.1, 0.15) is 65.2 Å². The molecular formula is C17H33N2O2+. The van der Waals surface area contributed by atoms with Crippen LogP contribution in [0.25, 0.3) is 0 Å². The van der Waals surface area contributed by atoms with Crippen LogP contribution in [0.15, 0.2) is 18.7 Å². The lowest BCUT2D eigenvalue weighted by atomic mass is 10.2. The second kappa shape index (κ2) is 12.8. The molecule has 21 heavy (non-hydrogen) atoms. The normalized spacial score (nSPS) is 11.1. The Balaban J connectivity index is 2.01. The molecule has 0 radical (unpaired) electrons. The second-order valence-electron chi connectivity index (χ2n) is 5.64. The van der Waals surface area contributed by atoms with Crippen molar-refractivity contribution in [3.8, 4) is 0 Å². The van der Waals surface area contributed by atoms with Gasteiger partial charge in [-0.25, -0.2) is 9.13 Å². The lowest BCUT2D eigenvalue weighted by Gasteiger charge is -2.02. The Morgan fingerprint density at radius 3 is 2.19 bits per heavy atom. The molecule has 0 atom stereocenters. The molecular weight excluding hydrogens is 264 g/mol. The maximum atomic E-state index is 5.66. The molecule has 1 rings (SSSR count). The Morgan fingerprint density at radius 1 is 0.857 bits per heavy atom. The fourth-order valence-corrected chi connectivity index (χ4v) is 2.19. The molecule has 0 fully saturated rings. The van der Waals surface area contributed by atoms with Gasteiger partial charge in [-0.1, -0.05) is 52.4 Å². The van der Waals surface area contributed by atoms with Gasteiger partial charge >= 0.3 is 0 Å². The molecule has 0 aliphatic heterocycles. The predicted molar refractivity (Wildman–Crippen MR) is 84.8 cm³/mol. The molecule has 0 unspecified atom stereocenters. The first kappa shape index (κ1) is 18.2. The summed E-state index contributed by atoms with van der Waals surface area (Å²) >= 11 is 0. The highest BCUT2D eigenvalue weighted by atomic mass is 16.5. The van der Waals surface area contributed by atoms with E-state index >= 15 is 0 Å². The molecule has 122 valence electrons. The quantitative estimate of drug-likeness (QED) is 0.385. The Labute approximate surface area is 130 Å². The minimum absolute atomic E-state index is 0.635. The SMILES string of the molecule is CCCCCCOCn1cc[n+](COCCCCCC)c1. The van der Waals surface area contributed by atoms with Gasteiger partial charge in [0.15, 0.2) is 13.5 Å². The van der Waals surface area contributed by atoms with Crippen LogP contribution in [-0.4, -0.2) is 17.8 Å². The lowest BCUT2D eigenvalue weighted by molar-refractivity contribution is -0.732. The highest BCUT2D eigenvalue weighted by Gasteiger charge is 2.03. The molecule has 1 aromatic heterocycles. The summed E-state index contributed by atoms with van der Waals surface area (Å²) in [6.45, 7) is 7.43. The molecule has 1 heterocycles. The summed E-state index contributed by atoms with van der Waals surface area (Å²) < 4.78 is 15.4. The minimum Gasteiger partial charge on any atom is -0.342 e. The maximum Gasteiger partial charge on any atom is 0.247 e. The van der Waals surface area contributed by atoms with Crippen LogP contribution in [0.3, 0.4) is 0 Å². The maximum absolute atomic E-state index is 5.66. The summed E-state index contributed by atoms with van der Waals surface area (Å²) in [5.41, 5.74) is 0. The van der Waals surface area contributed by atoms with Crippen LogP contribution in [0.4, 0.5) is 0 Å². The second-order valence-corrected chi connectivity index (χ2v) is 5.64. The molecule has 0 saturated heterocycles. The molecule has 4 heteroatoms. The van der Waals surface area contributed by atoms with E-state index in [2.05, 4.69) is 23.0 Å². The van der Waals surface area contributed by atoms with Gasteiger partial charge in [-0.15, -0.1) is 0 Å². The van der Waals surface area contributed by atoms with Gasteiger partial charge in [0.2, 0.25) is 6.33 Å². The summed E-state index contributed by atoms with van der Waals surface area (Å²) in [5.74, 6) is 0. The summed E-state index contributed by atoms with van der Waals surface area (Å²) in [6, 6.07) is 0. The van der Waals surface area contributed by atoms with Gasteiger partial charge in [0.25, 0.3) is 0 Å². The van der Waals surface area contributed by atoms with E-state index in [1.165, 1.54) is 38.5 Å². The van der Waals surface area contributed by atoms with Gasteiger partial charge in [0, 0.05) is 0 Å². The van der Waals surface area contributed by atoms with Gasteiger partial charge < -0.3 is 9.47 Å².